The van der Waals surface area contributed by atoms with Crippen molar-refractivity contribution in [1.82, 2.24) is 4.98 Å². The number of nitrogens with two attached hydrogens (primary N) is 1. The number of halogens is 2. The number of rotatable bonds is 6. The van der Waals surface area contributed by atoms with Gasteiger partial charge in [-0.2, -0.15) is 0 Å². The largest absolute Gasteiger partial charge is 0.357 e. The average Bonchev–Trinajstić information content (AvgIpc) is 2.99. The van der Waals surface area contributed by atoms with Gasteiger partial charge in [-0.15, -0.1) is 24.8 Å². The molecule has 0 spiro atoms. The Morgan fingerprint density at radius 3 is 2.52 bits per heavy atom. The molecule has 0 aliphatic heterocycles. The molecule has 1 aliphatic rings. The molecule has 1 aromatic heterocycles. The third-order valence-corrected chi connectivity index (χ3v) is 4.40. The van der Waals surface area contributed by atoms with Crippen molar-refractivity contribution in [3.05, 3.63) is 18.3 Å². The van der Waals surface area contributed by atoms with E-state index in [1.54, 1.807) is 6.20 Å². The number of amides is 1. The molecule has 23 heavy (non-hydrogen) atoms. The number of carbonyl (C=O) groups excluding carboxylic acids is 1. The van der Waals surface area contributed by atoms with E-state index in [0.29, 0.717) is 12.5 Å². The van der Waals surface area contributed by atoms with E-state index in [-0.39, 0.29) is 36.6 Å². The predicted molar refractivity (Wildman–Crippen MR) is 101 cm³/mol. The molecule has 1 fully saturated rings. The van der Waals surface area contributed by atoms with Crippen molar-refractivity contribution in [2.45, 2.75) is 33.1 Å². The topological polar surface area (TPSA) is 71.2 Å². The summed E-state index contributed by atoms with van der Waals surface area (Å²) in [6.07, 6.45) is 4.84. The normalized spacial score (nSPS) is 19.4. The van der Waals surface area contributed by atoms with E-state index < -0.39 is 0 Å². The summed E-state index contributed by atoms with van der Waals surface area (Å²) in [5.74, 6) is 1.41. The number of aromatic nitrogens is 1. The van der Waals surface area contributed by atoms with E-state index in [1.807, 2.05) is 12.1 Å². The van der Waals surface area contributed by atoms with Crippen molar-refractivity contribution in [2.24, 2.45) is 17.6 Å². The maximum atomic E-state index is 12.3. The first kappa shape index (κ1) is 22.0. The second kappa shape index (κ2) is 10.7. The molecule has 0 radical (unpaired) electrons. The Kier molecular flexibility index (Phi) is 10.2. The van der Waals surface area contributed by atoms with Gasteiger partial charge >= 0.3 is 0 Å². The molecule has 7 heteroatoms. The summed E-state index contributed by atoms with van der Waals surface area (Å²) in [6.45, 7) is 6.66. The summed E-state index contributed by atoms with van der Waals surface area (Å²) in [6, 6.07) is 3.88. The van der Waals surface area contributed by atoms with Crippen LogP contribution in [0.25, 0.3) is 0 Å². The molecule has 0 saturated heterocycles. The van der Waals surface area contributed by atoms with Gasteiger partial charge in [0, 0.05) is 19.0 Å². The Labute approximate surface area is 151 Å². The minimum Gasteiger partial charge on any atom is -0.357 e. The van der Waals surface area contributed by atoms with Gasteiger partial charge in [-0.3, -0.25) is 4.79 Å². The Morgan fingerprint density at radius 2 is 2.00 bits per heavy atom. The lowest BCUT2D eigenvalue weighted by atomic mass is 9.95. The van der Waals surface area contributed by atoms with Gasteiger partial charge in [-0.1, -0.05) is 6.42 Å². The van der Waals surface area contributed by atoms with E-state index in [9.17, 15) is 4.79 Å². The molecule has 1 aromatic rings. The third kappa shape index (κ3) is 5.52. The summed E-state index contributed by atoms with van der Waals surface area (Å²) >= 11 is 0. The van der Waals surface area contributed by atoms with Crippen molar-refractivity contribution in [2.75, 3.05) is 29.9 Å². The maximum Gasteiger partial charge on any atom is 0.227 e. The van der Waals surface area contributed by atoms with Gasteiger partial charge < -0.3 is 16.0 Å². The van der Waals surface area contributed by atoms with E-state index in [0.717, 1.165) is 43.9 Å². The van der Waals surface area contributed by atoms with Gasteiger partial charge in [0.05, 0.1) is 11.9 Å². The number of nitrogens with one attached hydrogen (secondary N) is 1. The lowest BCUT2D eigenvalue weighted by Crippen LogP contribution is -2.29. The lowest BCUT2D eigenvalue weighted by molar-refractivity contribution is -0.120. The summed E-state index contributed by atoms with van der Waals surface area (Å²) in [7, 11) is 0. The summed E-state index contributed by atoms with van der Waals surface area (Å²) in [5, 5.41) is 2.97. The molecule has 2 atom stereocenters. The van der Waals surface area contributed by atoms with Crippen molar-refractivity contribution in [3.8, 4) is 0 Å². The molecule has 3 N–H and O–H groups in total. The van der Waals surface area contributed by atoms with Crippen LogP contribution in [0.5, 0.6) is 0 Å². The van der Waals surface area contributed by atoms with E-state index >= 15 is 0 Å². The molecule has 0 bridgehead atoms. The zero-order valence-electron chi connectivity index (χ0n) is 13.8. The molecule has 0 unspecified atom stereocenters. The highest BCUT2D eigenvalue weighted by molar-refractivity contribution is 5.92. The summed E-state index contributed by atoms with van der Waals surface area (Å²) < 4.78 is 0. The van der Waals surface area contributed by atoms with Crippen LogP contribution in [0.1, 0.15) is 33.1 Å². The fourth-order valence-corrected chi connectivity index (χ4v) is 3.09. The Bertz CT molecular complexity index is 466. The molecule has 1 heterocycles. The number of hydrogen-bond donors (Lipinski definition) is 2. The summed E-state index contributed by atoms with van der Waals surface area (Å²) in [4.78, 5) is 18.9. The van der Waals surface area contributed by atoms with Gasteiger partial charge in [-0.05, 0) is 51.3 Å². The maximum absolute atomic E-state index is 12.3. The van der Waals surface area contributed by atoms with Crippen LogP contribution < -0.4 is 16.0 Å². The molecule has 1 amide bonds. The molecule has 132 valence electrons. The van der Waals surface area contributed by atoms with E-state index in [2.05, 4.69) is 29.0 Å². The Morgan fingerprint density at radius 1 is 1.30 bits per heavy atom. The van der Waals surface area contributed by atoms with E-state index in [4.69, 9.17) is 5.73 Å². The molecular formula is C16H28Cl2N4O. The fourth-order valence-electron chi connectivity index (χ4n) is 3.09. The first-order chi connectivity index (χ1) is 10.2. The van der Waals surface area contributed by atoms with Gasteiger partial charge in [-0.25, -0.2) is 4.98 Å². The van der Waals surface area contributed by atoms with Gasteiger partial charge in [0.2, 0.25) is 5.91 Å². The van der Waals surface area contributed by atoms with Crippen molar-refractivity contribution in [3.63, 3.8) is 0 Å². The Hall–Kier alpha value is -1.04. The smallest absolute Gasteiger partial charge is 0.227 e. The van der Waals surface area contributed by atoms with Crippen LogP contribution in [-0.2, 0) is 4.79 Å². The van der Waals surface area contributed by atoms with Crippen LogP contribution in [0.3, 0.4) is 0 Å². The highest BCUT2D eigenvalue weighted by Gasteiger charge is 2.31. The number of nitrogens with zero attached hydrogens (tertiary/aromatic N) is 2. The van der Waals surface area contributed by atoms with Crippen LogP contribution in [0.15, 0.2) is 18.3 Å². The van der Waals surface area contributed by atoms with Crippen LogP contribution in [0.2, 0.25) is 0 Å². The molecular weight excluding hydrogens is 335 g/mol. The second-order valence-corrected chi connectivity index (χ2v) is 5.60. The molecule has 0 aromatic carbocycles. The number of anilines is 2. The van der Waals surface area contributed by atoms with E-state index in [1.165, 1.54) is 0 Å². The average molecular weight is 363 g/mol. The zero-order valence-corrected chi connectivity index (χ0v) is 15.5. The van der Waals surface area contributed by atoms with Crippen LogP contribution >= 0.6 is 24.8 Å². The molecule has 1 aliphatic carbocycles. The first-order valence-electron chi connectivity index (χ1n) is 7.91. The highest BCUT2D eigenvalue weighted by atomic mass is 35.5. The number of hydrogen-bond acceptors (Lipinski definition) is 4. The lowest BCUT2D eigenvalue weighted by Gasteiger charge is -2.20. The van der Waals surface area contributed by atoms with Crippen molar-refractivity contribution >= 4 is 42.2 Å². The first-order valence-corrected chi connectivity index (χ1v) is 7.91. The van der Waals surface area contributed by atoms with Crippen LogP contribution in [0.4, 0.5) is 11.5 Å². The van der Waals surface area contributed by atoms with Crippen molar-refractivity contribution < 1.29 is 4.79 Å². The minimum atomic E-state index is 0. The molecule has 1 saturated carbocycles. The molecule has 2 rings (SSSR count). The van der Waals surface area contributed by atoms with Gasteiger partial charge in [0.15, 0.2) is 0 Å². The van der Waals surface area contributed by atoms with Crippen LogP contribution in [-0.4, -0.2) is 30.5 Å². The standard InChI is InChI=1S/C16H26N4O.2ClH/c1-3-20(4-2)15-9-8-13(11-18-15)19-16(21)14-7-5-6-12(14)10-17;;/h8-9,11-12,14H,3-7,10,17H2,1-2H3,(H,19,21);2*1H/t12-,14-;;/m1../s1. The second-order valence-electron chi connectivity index (χ2n) is 5.60. The SMILES string of the molecule is CCN(CC)c1ccc(NC(=O)[C@@H]2CCC[C@@H]2CN)cn1.Cl.Cl. The predicted octanol–water partition coefficient (Wildman–Crippen LogP) is 3.08. The highest BCUT2D eigenvalue weighted by Crippen LogP contribution is 2.31. The minimum absolute atomic E-state index is 0. The van der Waals surface area contributed by atoms with Crippen molar-refractivity contribution in [1.29, 1.82) is 0 Å². The Balaban J connectivity index is 0.00000242. The van der Waals surface area contributed by atoms with Crippen LogP contribution in [0, 0.1) is 11.8 Å². The fraction of sp³-hybridized carbons (Fsp3) is 0.625. The monoisotopic (exact) mass is 362 g/mol. The quantitative estimate of drug-likeness (QED) is 0.815. The third-order valence-electron chi connectivity index (χ3n) is 4.40. The number of pyridine rings is 1. The van der Waals surface area contributed by atoms with Gasteiger partial charge in [0.1, 0.15) is 5.82 Å². The van der Waals surface area contributed by atoms with Gasteiger partial charge in [0.25, 0.3) is 0 Å². The zero-order chi connectivity index (χ0) is 15.2. The summed E-state index contributed by atoms with van der Waals surface area (Å²) in [5.41, 5.74) is 6.50. The molecule has 5 nitrogen and oxygen atoms in total. The number of carbonyl (C=O) groups is 1.